The minimum absolute atomic E-state index is 0.0717. The van der Waals surface area contributed by atoms with Crippen LogP contribution in [0.5, 0.6) is 5.75 Å². The van der Waals surface area contributed by atoms with Gasteiger partial charge in [-0.25, -0.2) is 10.2 Å². The summed E-state index contributed by atoms with van der Waals surface area (Å²) in [6.07, 6.45) is 0. The molecule has 0 radical (unpaired) electrons. The number of hydrogen-bond donors (Lipinski definition) is 4. The van der Waals surface area contributed by atoms with Crippen LogP contribution in [0.4, 0.5) is 4.79 Å². The molecule has 0 unspecified atom stereocenters. The number of rotatable bonds is 4. The number of hydrazine groups is 1. The van der Waals surface area contributed by atoms with Crippen LogP contribution in [-0.2, 0) is 5.54 Å². The summed E-state index contributed by atoms with van der Waals surface area (Å²) in [4.78, 5) is 24.8. The lowest BCUT2D eigenvalue weighted by molar-refractivity contribution is 0.0932. The highest BCUT2D eigenvalue weighted by atomic mass is 16.3. The number of carbonyl (C=O) groups is 2. The van der Waals surface area contributed by atoms with E-state index in [9.17, 15) is 14.7 Å². The first-order chi connectivity index (χ1) is 14.2. The first-order valence-electron chi connectivity index (χ1n) is 9.54. The van der Waals surface area contributed by atoms with Crippen molar-refractivity contribution in [3.05, 3.63) is 83.9 Å². The predicted molar refractivity (Wildman–Crippen MR) is 119 cm³/mol. The number of allylic oxidation sites excluding steroid dienone is 1. The zero-order valence-corrected chi connectivity index (χ0v) is 17.2. The zero-order valence-electron chi connectivity index (χ0n) is 17.2. The van der Waals surface area contributed by atoms with Crippen LogP contribution in [0.3, 0.4) is 0 Å². The van der Waals surface area contributed by atoms with Gasteiger partial charge in [0.25, 0.3) is 5.91 Å². The van der Waals surface area contributed by atoms with Crippen molar-refractivity contribution in [1.82, 2.24) is 16.2 Å². The van der Waals surface area contributed by atoms with E-state index in [0.717, 1.165) is 27.5 Å². The summed E-state index contributed by atoms with van der Waals surface area (Å²) in [6.45, 7) is 9.59. The molecule has 3 aromatic carbocycles. The maximum absolute atomic E-state index is 12.4. The quantitative estimate of drug-likeness (QED) is 0.485. The third-order valence-electron chi connectivity index (χ3n) is 4.90. The highest BCUT2D eigenvalue weighted by Crippen LogP contribution is 2.25. The Kier molecular flexibility index (Phi) is 5.78. The number of carbonyl (C=O) groups excluding carboxylic acids is 2. The van der Waals surface area contributed by atoms with Crippen LogP contribution in [0.15, 0.2) is 67.2 Å². The predicted octanol–water partition coefficient (Wildman–Crippen LogP) is 4.46. The molecule has 0 saturated heterocycles. The van der Waals surface area contributed by atoms with Gasteiger partial charge in [-0.15, -0.1) is 0 Å². The molecule has 0 bridgehead atoms. The molecule has 6 heteroatoms. The Morgan fingerprint density at radius 1 is 0.933 bits per heavy atom. The summed E-state index contributed by atoms with van der Waals surface area (Å²) < 4.78 is 0. The van der Waals surface area contributed by atoms with Crippen LogP contribution >= 0.6 is 0 Å². The highest BCUT2D eigenvalue weighted by molar-refractivity contribution is 6.02. The third-order valence-corrected chi connectivity index (χ3v) is 4.90. The maximum atomic E-state index is 12.4. The maximum Gasteiger partial charge on any atom is 0.334 e. The minimum atomic E-state index is -0.689. The van der Waals surface area contributed by atoms with E-state index in [1.54, 1.807) is 6.07 Å². The summed E-state index contributed by atoms with van der Waals surface area (Å²) in [5.41, 5.74) is 6.88. The molecule has 3 rings (SSSR count). The largest absolute Gasteiger partial charge is 0.507 e. The second-order valence-corrected chi connectivity index (χ2v) is 7.74. The summed E-state index contributed by atoms with van der Waals surface area (Å²) in [5, 5.41) is 14.6. The average Bonchev–Trinajstić information content (AvgIpc) is 2.71. The second-order valence-electron chi connectivity index (χ2n) is 7.74. The second kappa shape index (κ2) is 8.29. The van der Waals surface area contributed by atoms with Crippen molar-refractivity contribution in [2.75, 3.05) is 0 Å². The van der Waals surface area contributed by atoms with Gasteiger partial charge in [0.05, 0.1) is 11.1 Å². The van der Waals surface area contributed by atoms with E-state index in [0.29, 0.717) is 0 Å². The highest BCUT2D eigenvalue weighted by Gasteiger charge is 2.23. The fourth-order valence-corrected chi connectivity index (χ4v) is 3.15. The van der Waals surface area contributed by atoms with E-state index in [4.69, 9.17) is 0 Å². The molecule has 3 aromatic rings. The van der Waals surface area contributed by atoms with Crippen molar-refractivity contribution >= 4 is 28.3 Å². The van der Waals surface area contributed by atoms with Crippen LogP contribution in [0.25, 0.3) is 16.3 Å². The Balaban J connectivity index is 1.66. The summed E-state index contributed by atoms with van der Waals surface area (Å²) in [6, 6.07) is 17.6. The molecule has 0 fully saturated rings. The lowest BCUT2D eigenvalue weighted by atomic mass is 9.92. The monoisotopic (exact) mass is 403 g/mol. The van der Waals surface area contributed by atoms with Gasteiger partial charge in [0, 0.05) is 0 Å². The van der Waals surface area contributed by atoms with Crippen LogP contribution < -0.4 is 16.2 Å². The molecular weight excluding hydrogens is 378 g/mol. The van der Waals surface area contributed by atoms with Crippen LogP contribution in [0.2, 0.25) is 0 Å². The molecule has 6 nitrogen and oxygen atoms in total. The average molecular weight is 403 g/mol. The van der Waals surface area contributed by atoms with Crippen molar-refractivity contribution < 1.29 is 14.7 Å². The molecule has 154 valence electrons. The van der Waals surface area contributed by atoms with Crippen molar-refractivity contribution in [2.24, 2.45) is 0 Å². The minimum Gasteiger partial charge on any atom is -0.507 e. The van der Waals surface area contributed by atoms with Gasteiger partial charge in [-0.2, -0.15) is 0 Å². The summed E-state index contributed by atoms with van der Waals surface area (Å²) in [5.74, 6) is -0.777. The van der Waals surface area contributed by atoms with Crippen molar-refractivity contribution in [3.8, 4) is 5.75 Å². The number of phenols is 1. The number of urea groups is 1. The Bertz CT molecular complexity index is 1140. The first kappa shape index (κ1) is 20.9. The summed E-state index contributed by atoms with van der Waals surface area (Å²) >= 11 is 0. The molecule has 0 aliphatic heterocycles. The number of aromatic hydroxyl groups is 1. The first-order valence-corrected chi connectivity index (χ1v) is 9.54. The number of hydrogen-bond acceptors (Lipinski definition) is 3. The lowest BCUT2D eigenvalue weighted by Gasteiger charge is -2.27. The van der Waals surface area contributed by atoms with E-state index in [2.05, 4.69) is 22.7 Å². The molecule has 0 saturated carbocycles. The Hall–Kier alpha value is -3.80. The van der Waals surface area contributed by atoms with Crippen LogP contribution in [0.1, 0.15) is 42.3 Å². The van der Waals surface area contributed by atoms with Crippen LogP contribution in [0, 0.1) is 0 Å². The fraction of sp³-hybridized carbons (Fsp3) is 0.167. The van der Waals surface area contributed by atoms with E-state index in [1.807, 2.05) is 69.3 Å². The van der Waals surface area contributed by atoms with E-state index in [-0.39, 0.29) is 11.3 Å². The van der Waals surface area contributed by atoms with E-state index in [1.165, 1.54) is 6.07 Å². The molecule has 3 amide bonds. The number of amides is 3. The molecule has 0 spiro atoms. The van der Waals surface area contributed by atoms with Gasteiger partial charge in [-0.05, 0) is 60.9 Å². The van der Waals surface area contributed by atoms with Gasteiger partial charge in [0.2, 0.25) is 0 Å². The number of phenolic OH excluding ortho intramolecular Hbond substituents is 1. The standard InChI is InChI=1S/C24H25N3O3/c1-15(2)16-10-7-11-19(12-16)24(3,4)25-23(30)27-26-22(29)20-13-17-8-5-6-9-18(17)14-21(20)28/h5-14,28H,1H2,2-4H3,(H,26,29)(H2,25,27,30). The third kappa shape index (κ3) is 4.60. The summed E-state index contributed by atoms with van der Waals surface area (Å²) in [7, 11) is 0. The molecular formula is C24H25N3O3. The number of nitrogens with one attached hydrogen (secondary N) is 3. The molecule has 30 heavy (non-hydrogen) atoms. The molecule has 0 aliphatic carbocycles. The number of fused-ring (bicyclic) bond motifs is 1. The fourth-order valence-electron chi connectivity index (χ4n) is 3.15. The van der Waals surface area contributed by atoms with Crippen LogP contribution in [-0.4, -0.2) is 17.0 Å². The zero-order chi connectivity index (χ0) is 21.9. The molecule has 0 aromatic heterocycles. The number of benzene rings is 3. The topological polar surface area (TPSA) is 90.5 Å². The molecule has 0 atom stereocenters. The Morgan fingerprint density at radius 2 is 1.60 bits per heavy atom. The van der Waals surface area contributed by atoms with Gasteiger partial charge in [-0.1, -0.05) is 54.6 Å². The van der Waals surface area contributed by atoms with Gasteiger partial charge in [-0.3, -0.25) is 10.2 Å². The SMILES string of the molecule is C=C(C)c1cccc(C(C)(C)NC(=O)NNC(=O)c2cc3ccccc3cc2O)c1. The lowest BCUT2D eigenvalue weighted by Crippen LogP contribution is -2.52. The van der Waals surface area contributed by atoms with Crippen molar-refractivity contribution in [3.63, 3.8) is 0 Å². The van der Waals surface area contributed by atoms with Crippen molar-refractivity contribution in [2.45, 2.75) is 26.3 Å². The van der Waals surface area contributed by atoms with Crippen molar-refractivity contribution in [1.29, 1.82) is 0 Å². The van der Waals surface area contributed by atoms with E-state index < -0.39 is 17.5 Å². The van der Waals surface area contributed by atoms with E-state index >= 15 is 0 Å². The van der Waals surface area contributed by atoms with Gasteiger partial charge >= 0.3 is 6.03 Å². The van der Waals surface area contributed by atoms with Gasteiger partial charge < -0.3 is 10.4 Å². The van der Waals surface area contributed by atoms with Gasteiger partial charge in [0.1, 0.15) is 5.75 Å². The smallest absolute Gasteiger partial charge is 0.334 e. The Morgan fingerprint density at radius 3 is 2.27 bits per heavy atom. The molecule has 4 N–H and O–H groups in total. The van der Waals surface area contributed by atoms with Gasteiger partial charge in [0.15, 0.2) is 0 Å². The Labute approximate surface area is 175 Å². The molecule has 0 heterocycles. The normalized spacial score (nSPS) is 11.0. The molecule has 0 aliphatic rings.